The molecule has 0 aliphatic heterocycles. The standard InChI is InChI=1S/C16H21N3O/c1-11(2)18-10-14-7-8-16(19-12(14)3)20-15-6-5-9-17-13(15)4/h5-9,11,18H,10H2,1-4H3. The number of rotatable bonds is 5. The van der Waals surface area contributed by atoms with Crippen LogP contribution in [0.4, 0.5) is 0 Å². The van der Waals surface area contributed by atoms with Crippen LogP contribution in [0.3, 0.4) is 0 Å². The fourth-order valence-corrected chi connectivity index (χ4v) is 1.81. The Morgan fingerprint density at radius 2 is 1.95 bits per heavy atom. The molecule has 0 saturated carbocycles. The van der Waals surface area contributed by atoms with Gasteiger partial charge < -0.3 is 10.1 Å². The molecule has 106 valence electrons. The molecule has 0 spiro atoms. The summed E-state index contributed by atoms with van der Waals surface area (Å²) in [4.78, 5) is 8.70. The average molecular weight is 271 g/mol. The molecule has 4 nitrogen and oxygen atoms in total. The quantitative estimate of drug-likeness (QED) is 0.905. The number of pyridine rings is 2. The van der Waals surface area contributed by atoms with Crippen molar-refractivity contribution in [2.75, 3.05) is 0 Å². The van der Waals surface area contributed by atoms with Crippen molar-refractivity contribution < 1.29 is 4.74 Å². The summed E-state index contributed by atoms with van der Waals surface area (Å²) < 4.78 is 5.78. The molecule has 0 fully saturated rings. The lowest BCUT2D eigenvalue weighted by atomic mass is 10.2. The third-order valence-electron chi connectivity index (χ3n) is 3.04. The van der Waals surface area contributed by atoms with Gasteiger partial charge in [0.25, 0.3) is 0 Å². The van der Waals surface area contributed by atoms with Gasteiger partial charge in [0, 0.05) is 30.5 Å². The van der Waals surface area contributed by atoms with Crippen LogP contribution in [0.15, 0.2) is 30.5 Å². The van der Waals surface area contributed by atoms with Crippen LogP contribution < -0.4 is 10.1 Å². The van der Waals surface area contributed by atoms with Crippen molar-refractivity contribution in [1.29, 1.82) is 0 Å². The molecule has 0 unspecified atom stereocenters. The molecule has 2 rings (SSSR count). The van der Waals surface area contributed by atoms with Crippen molar-refractivity contribution in [2.45, 2.75) is 40.3 Å². The monoisotopic (exact) mass is 271 g/mol. The number of ether oxygens (including phenoxy) is 1. The van der Waals surface area contributed by atoms with E-state index in [1.807, 2.05) is 32.0 Å². The van der Waals surface area contributed by atoms with E-state index in [-0.39, 0.29) is 0 Å². The Morgan fingerprint density at radius 1 is 1.15 bits per heavy atom. The third kappa shape index (κ3) is 3.78. The van der Waals surface area contributed by atoms with E-state index in [9.17, 15) is 0 Å². The molecule has 0 radical (unpaired) electrons. The van der Waals surface area contributed by atoms with E-state index in [1.165, 1.54) is 5.56 Å². The van der Waals surface area contributed by atoms with Gasteiger partial charge in [0.05, 0.1) is 5.69 Å². The summed E-state index contributed by atoms with van der Waals surface area (Å²) in [6.45, 7) is 9.00. The second-order valence-corrected chi connectivity index (χ2v) is 5.12. The van der Waals surface area contributed by atoms with Crippen molar-refractivity contribution in [2.24, 2.45) is 0 Å². The van der Waals surface area contributed by atoms with Crippen molar-refractivity contribution in [3.8, 4) is 11.6 Å². The third-order valence-corrected chi connectivity index (χ3v) is 3.04. The Hall–Kier alpha value is -1.94. The number of hydrogen-bond donors (Lipinski definition) is 1. The maximum Gasteiger partial charge on any atom is 0.219 e. The van der Waals surface area contributed by atoms with Gasteiger partial charge in [-0.05, 0) is 31.5 Å². The van der Waals surface area contributed by atoms with Gasteiger partial charge in [-0.25, -0.2) is 4.98 Å². The molecule has 0 bridgehead atoms. The fraction of sp³-hybridized carbons (Fsp3) is 0.375. The topological polar surface area (TPSA) is 47.0 Å². The summed E-state index contributed by atoms with van der Waals surface area (Å²) in [7, 11) is 0. The first kappa shape index (κ1) is 14.5. The zero-order valence-electron chi connectivity index (χ0n) is 12.5. The smallest absolute Gasteiger partial charge is 0.219 e. The van der Waals surface area contributed by atoms with Crippen LogP contribution in [0.25, 0.3) is 0 Å². The highest BCUT2D eigenvalue weighted by Gasteiger charge is 2.06. The van der Waals surface area contributed by atoms with E-state index in [4.69, 9.17) is 4.74 Å². The van der Waals surface area contributed by atoms with E-state index < -0.39 is 0 Å². The maximum absolute atomic E-state index is 5.78. The minimum absolute atomic E-state index is 0.461. The van der Waals surface area contributed by atoms with E-state index in [0.29, 0.717) is 11.9 Å². The highest BCUT2D eigenvalue weighted by Crippen LogP contribution is 2.22. The summed E-state index contributed by atoms with van der Waals surface area (Å²) in [5, 5.41) is 3.39. The lowest BCUT2D eigenvalue weighted by molar-refractivity contribution is 0.454. The van der Waals surface area contributed by atoms with Crippen molar-refractivity contribution in [3.63, 3.8) is 0 Å². The van der Waals surface area contributed by atoms with Gasteiger partial charge >= 0.3 is 0 Å². The van der Waals surface area contributed by atoms with Gasteiger partial charge in [-0.15, -0.1) is 0 Å². The van der Waals surface area contributed by atoms with Crippen LogP contribution in [0, 0.1) is 13.8 Å². The first-order valence-electron chi connectivity index (χ1n) is 6.85. The molecule has 4 heteroatoms. The molecular weight excluding hydrogens is 250 g/mol. The molecule has 0 saturated heterocycles. The van der Waals surface area contributed by atoms with Crippen molar-refractivity contribution in [3.05, 3.63) is 47.4 Å². The van der Waals surface area contributed by atoms with Gasteiger partial charge in [0.1, 0.15) is 0 Å². The van der Waals surface area contributed by atoms with E-state index >= 15 is 0 Å². The Labute approximate surface area is 120 Å². The number of hydrogen-bond acceptors (Lipinski definition) is 4. The average Bonchev–Trinajstić information content (AvgIpc) is 2.40. The van der Waals surface area contributed by atoms with Gasteiger partial charge in [0.2, 0.25) is 5.88 Å². The highest BCUT2D eigenvalue weighted by molar-refractivity contribution is 5.32. The van der Waals surface area contributed by atoms with Crippen LogP contribution in [0.5, 0.6) is 11.6 Å². The van der Waals surface area contributed by atoms with Gasteiger partial charge in [-0.2, -0.15) is 0 Å². The van der Waals surface area contributed by atoms with Gasteiger partial charge in [0.15, 0.2) is 5.75 Å². The Morgan fingerprint density at radius 3 is 2.60 bits per heavy atom. The van der Waals surface area contributed by atoms with Crippen molar-refractivity contribution in [1.82, 2.24) is 15.3 Å². The summed E-state index contributed by atoms with van der Waals surface area (Å²) in [5.41, 5.74) is 3.03. The Balaban J connectivity index is 2.11. The van der Waals surface area contributed by atoms with E-state index in [2.05, 4.69) is 35.2 Å². The minimum atomic E-state index is 0.461. The van der Waals surface area contributed by atoms with E-state index in [1.54, 1.807) is 6.20 Å². The minimum Gasteiger partial charge on any atom is -0.437 e. The zero-order valence-corrected chi connectivity index (χ0v) is 12.5. The molecule has 0 amide bonds. The molecule has 1 N–H and O–H groups in total. The summed E-state index contributed by atoms with van der Waals surface area (Å²) in [6.07, 6.45) is 1.75. The van der Waals surface area contributed by atoms with Crippen LogP contribution in [-0.4, -0.2) is 16.0 Å². The lowest BCUT2D eigenvalue weighted by Gasteiger charge is -2.12. The molecule has 2 heterocycles. The molecule has 0 atom stereocenters. The molecule has 0 aromatic carbocycles. The summed E-state index contributed by atoms with van der Waals surface area (Å²) in [5.74, 6) is 1.35. The first-order chi connectivity index (χ1) is 9.56. The molecule has 2 aromatic rings. The first-order valence-corrected chi connectivity index (χ1v) is 6.85. The van der Waals surface area contributed by atoms with Crippen molar-refractivity contribution >= 4 is 0 Å². The van der Waals surface area contributed by atoms with Crippen LogP contribution in [0.1, 0.15) is 30.8 Å². The highest BCUT2D eigenvalue weighted by atomic mass is 16.5. The predicted octanol–water partition coefficient (Wildman–Crippen LogP) is 3.38. The SMILES string of the molecule is Cc1nc(Oc2cccnc2C)ccc1CNC(C)C. The molecular formula is C16H21N3O. The zero-order chi connectivity index (χ0) is 14.5. The van der Waals surface area contributed by atoms with Gasteiger partial charge in [-0.3, -0.25) is 4.98 Å². The van der Waals surface area contributed by atoms with E-state index in [0.717, 1.165) is 23.7 Å². The number of nitrogens with one attached hydrogen (secondary N) is 1. The normalized spacial score (nSPS) is 10.8. The second-order valence-electron chi connectivity index (χ2n) is 5.12. The number of aryl methyl sites for hydroxylation is 2. The maximum atomic E-state index is 5.78. The fourth-order valence-electron chi connectivity index (χ4n) is 1.81. The lowest BCUT2D eigenvalue weighted by Crippen LogP contribution is -2.22. The Kier molecular flexibility index (Phi) is 4.69. The number of nitrogens with zero attached hydrogens (tertiary/aromatic N) is 2. The van der Waals surface area contributed by atoms with Crippen LogP contribution >= 0.6 is 0 Å². The summed E-state index contributed by atoms with van der Waals surface area (Å²) in [6, 6.07) is 8.17. The Bertz CT molecular complexity index is 582. The predicted molar refractivity (Wildman–Crippen MR) is 80.0 cm³/mol. The summed E-state index contributed by atoms with van der Waals surface area (Å²) >= 11 is 0. The van der Waals surface area contributed by atoms with Crippen LogP contribution in [-0.2, 0) is 6.54 Å². The van der Waals surface area contributed by atoms with Gasteiger partial charge in [-0.1, -0.05) is 19.9 Å². The second kappa shape index (κ2) is 6.48. The molecule has 20 heavy (non-hydrogen) atoms. The number of aromatic nitrogens is 2. The molecule has 2 aromatic heterocycles. The largest absolute Gasteiger partial charge is 0.437 e. The van der Waals surface area contributed by atoms with Crippen LogP contribution in [0.2, 0.25) is 0 Å². The molecule has 0 aliphatic carbocycles. The molecule has 0 aliphatic rings.